The Labute approximate surface area is 142 Å². The highest BCUT2D eigenvalue weighted by molar-refractivity contribution is 7.88. The molecule has 0 aliphatic heterocycles. The molecule has 2 aromatic carbocycles. The molecule has 0 bridgehead atoms. The van der Waals surface area contributed by atoms with E-state index in [-0.39, 0.29) is 22.2 Å². The molecule has 136 valence electrons. The van der Waals surface area contributed by atoms with Crippen molar-refractivity contribution in [3.8, 4) is 16.9 Å². The summed E-state index contributed by atoms with van der Waals surface area (Å²) in [6, 6.07) is 7.10. The van der Waals surface area contributed by atoms with E-state index in [4.69, 9.17) is 11.6 Å². The molecule has 0 spiro atoms. The van der Waals surface area contributed by atoms with Gasteiger partial charge < -0.3 is 4.18 Å². The maximum Gasteiger partial charge on any atom is 0.534 e. The van der Waals surface area contributed by atoms with Crippen LogP contribution in [0.25, 0.3) is 11.1 Å². The lowest BCUT2D eigenvalue weighted by Crippen LogP contribution is -2.28. The van der Waals surface area contributed by atoms with Gasteiger partial charge in [-0.3, -0.25) is 0 Å². The van der Waals surface area contributed by atoms with Crippen LogP contribution in [-0.2, 0) is 16.3 Å². The largest absolute Gasteiger partial charge is 0.534 e. The first kappa shape index (κ1) is 19.4. The van der Waals surface area contributed by atoms with Crippen molar-refractivity contribution in [2.75, 3.05) is 0 Å². The SMILES string of the molecule is O=S(=O)(Oc1cc(-c2ccccc2Cl)cc(C(F)(F)F)c1)C(F)(F)F. The highest BCUT2D eigenvalue weighted by Gasteiger charge is 2.48. The summed E-state index contributed by atoms with van der Waals surface area (Å²) in [5.41, 5.74) is -7.37. The van der Waals surface area contributed by atoms with E-state index in [1.807, 2.05) is 0 Å². The van der Waals surface area contributed by atoms with Crippen molar-refractivity contribution >= 4 is 21.7 Å². The van der Waals surface area contributed by atoms with Crippen molar-refractivity contribution in [3.63, 3.8) is 0 Å². The third kappa shape index (κ3) is 4.37. The fourth-order valence-corrected chi connectivity index (χ4v) is 2.52. The van der Waals surface area contributed by atoms with E-state index in [9.17, 15) is 34.8 Å². The van der Waals surface area contributed by atoms with Gasteiger partial charge in [0.25, 0.3) is 0 Å². The lowest BCUT2D eigenvalue weighted by molar-refractivity contribution is -0.137. The molecule has 0 heterocycles. The Morgan fingerprint density at radius 3 is 2.04 bits per heavy atom. The molecule has 0 saturated carbocycles. The summed E-state index contributed by atoms with van der Waals surface area (Å²) in [6.45, 7) is 0. The molecule has 0 N–H and O–H groups in total. The second kappa shape index (κ2) is 6.41. The molecule has 2 aromatic rings. The number of hydrogen-bond acceptors (Lipinski definition) is 3. The van der Waals surface area contributed by atoms with E-state index in [2.05, 4.69) is 4.18 Å². The van der Waals surface area contributed by atoms with Gasteiger partial charge in [-0.05, 0) is 29.8 Å². The minimum Gasteiger partial charge on any atom is -0.376 e. The molecule has 0 aromatic heterocycles. The van der Waals surface area contributed by atoms with Crippen molar-refractivity contribution < 1.29 is 38.9 Å². The zero-order valence-corrected chi connectivity index (χ0v) is 13.4. The van der Waals surface area contributed by atoms with Crippen LogP contribution in [0.3, 0.4) is 0 Å². The van der Waals surface area contributed by atoms with Gasteiger partial charge in [0, 0.05) is 10.6 Å². The molecule has 2 rings (SSSR count). The van der Waals surface area contributed by atoms with Crippen LogP contribution >= 0.6 is 11.6 Å². The van der Waals surface area contributed by atoms with Crippen LogP contribution in [0.5, 0.6) is 5.75 Å². The molecule has 0 atom stereocenters. The molecule has 0 fully saturated rings. The van der Waals surface area contributed by atoms with Crippen molar-refractivity contribution in [1.82, 2.24) is 0 Å². The minimum absolute atomic E-state index is 0.0199. The van der Waals surface area contributed by atoms with E-state index in [0.29, 0.717) is 6.07 Å². The Morgan fingerprint density at radius 2 is 1.52 bits per heavy atom. The fraction of sp³-hybridized carbons (Fsp3) is 0.143. The smallest absolute Gasteiger partial charge is 0.376 e. The van der Waals surface area contributed by atoms with Crippen molar-refractivity contribution in [2.45, 2.75) is 11.7 Å². The Kier molecular flexibility index (Phi) is 4.97. The second-order valence-corrected chi connectivity index (χ2v) is 6.65. The van der Waals surface area contributed by atoms with Crippen molar-refractivity contribution in [3.05, 3.63) is 53.1 Å². The molecule has 0 aliphatic rings. The number of halogens is 7. The molecule has 0 amide bonds. The summed E-state index contributed by atoms with van der Waals surface area (Å²) < 4.78 is 102. The summed E-state index contributed by atoms with van der Waals surface area (Å²) >= 11 is 5.86. The Hall–Kier alpha value is -1.94. The van der Waals surface area contributed by atoms with Gasteiger partial charge in [0.1, 0.15) is 5.75 Å². The summed E-state index contributed by atoms with van der Waals surface area (Å²) in [5.74, 6) is -1.14. The Morgan fingerprint density at radius 1 is 0.920 bits per heavy atom. The zero-order valence-electron chi connectivity index (χ0n) is 11.8. The molecule has 0 radical (unpaired) electrons. The monoisotopic (exact) mass is 404 g/mol. The second-order valence-electron chi connectivity index (χ2n) is 4.71. The molecule has 11 heteroatoms. The van der Waals surface area contributed by atoms with Gasteiger partial charge in [-0.1, -0.05) is 29.8 Å². The first-order chi connectivity index (χ1) is 11.3. The first-order valence-electron chi connectivity index (χ1n) is 6.29. The lowest BCUT2D eigenvalue weighted by Gasteiger charge is -2.14. The molecule has 0 unspecified atom stereocenters. The van der Waals surface area contributed by atoms with E-state index in [0.717, 1.165) is 6.07 Å². The highest BCUT2D eigenvalue weighted by Crippen LogP contribution is 2.38. The predicted molar refractivity (Wildman–Crippen MR) is 77.5 cm³/mol. The minimum atomic E-state index is -6.12. The number of benzene rings is 2. The summed E-state index contributed by atoms with van der Waals surface area (Å²) in [7, 11) is -6.12. The quantitative estimate of drug-likeness (QED) is 0.398. The average Bonchev–Trinajstić information content (AvgIpc) is 2.44. The van der Waals surface area contributed by atoms with Gasteiger partial charge in [0.05, 0.1) is 5.56 Å². The average molecular weight is 405 g/mol. The molecule has 0 aliphatic carbocycles. The number of rotatable bonds is 3. The number of hydrogen-bond donors (Lipinski definition) is 0. The summed E-state index contributed by atoms with van der Waals surface area (Å²) in [5, 5.41) is 0.0199. The van der Waals surface area contributed by atoms with Crippen LogP contribution in [0.15, 0.2) is 42.5 Å². The van der Waals surface area contributed by atoms with Gasteiger partial charge in [-0.15, -0.1) is 0 Å². The van der Waals surface area contributed by atoms with Crippen molar-refractivity contribution in [1.29, 1.82) is 0 Å². The Bertz CT molecular complexity index is 890. The summed E-state index contributed by atoms with van der Waals surface area (Å²) in [6.07, 6.45) is -4.95. The Balaban J connectivity index is 2.62. The van der Waals surface area contributed by atoms with Crippen LogP contribution in [0.4, 0.5) is 26.3 Å². The van der Waals surface area contributed by atoms with Crippen LogP contribution in [0, 0.1) is 0 Å². The van der Waals surface area contributed by atoms with E-state index >= 15 is 0 Å². The first-order valence-corrected chi connectivity index (χ1v) is 8.08. The molecular formula is C14H7ClF6O3S. The predicted octanol–water partition coefficient (Wildman–Crippen LogP) is 5.25. The molecule has 0 saturated heterocycles. The van der Waals surface area contributed by atoms with Crippen molar-refractivity contribution in [2.24, 2.45) is 0 Å². The molecule has 3 nitrogen and oxygen atoms in total. The van der Waals surface area contributed by atoms with Crippen LogP contribution < -0.4 is 4.18 Å². The van der Waals surface area contributed by atoms with Gasteiger partial charge in [0.15, 0.2) is 0 Å². The van der Waals surface area contributed by atoms with E-state index < -0.39 is 33.1 Å². The molecular weight excluding hydrogens is 398 g/mol. The van der Waals surface area contributed by atoms with Crippen LogP contribution in [0.1, 0.15) is 5.56 Å². The van der Waals surface area contributed by atoms with Gasteiger partial charge in [-0.25, -0.2) is 0 Å². The molecule has 25 heavy (non-hydrogen) atoms. The standard InChI is InChI=1S/C14H7ClF6O3S/c15-12-4-2-1-3-11(12)8-5-9(13(16,17)18)7-10(6-8)24-25(22,23)14(19,20)21/h1-7H. The summed E-state index contributed by atoms with van der Waals surface area (Å²) in [4.78, 5) is 0. The normalized spacial score (nSPS) is 12.9. The zero-order chi connectivity index (χ0) is 19.0. The maximum atomic E-state index is 13.0. The fourth-order valence-electron chi connectivity index (χ4n) is 1.84. The third-order valence-corrected chi connectivity index (χ3v) is 4.22. The maximum absolute atomic E-state index is 13.0. The van der Waals surface area contributed by atoms with Gasteiger partial charge >= 0.3 is 21.8 Å². The van der Waals surface area contributed by atoms with Gasteiger partial charge in [0.2, 0.25) is 0 Å². The third-order valence-electron chi connectivity index (χ3n) is 2.91. The topological polar surface area (TPSA) is 43.4 Å². The lowest BCUT2D eigenvalue weighted by atomic mass is 10.0. The van der Waals surface area contributed by atoms with E-state index in [1.165, 1.54) is 24.3 Å². The van der Waals surface area contributed by atoms with Crippen LogP contribution in [0.2, 0.25) is 5.02 Å². The number of alkyl halides is 6. The van der Waals surface area contributed by atoms with Crippen LogP contribution in [-0.4, -0.2) is 13.9 Å². The van der Waals surface area contributed by atoms with Gasteiger partial charge in [-0.2, -0.15) is 34.8 Å². The van der Waals surface area contributed by atoms with E-state index in [1.54, 1.807) is 0 Å². The highest BCUT2D eigenvalue weighted by atomic mass is 35.5.